The van der Waals surface area contributed by atoms with Crippen molar-refractivity contribution in [3.63, 3.8) is 0 Å². The number of carboxylic acid groups (broad SMARTS) is 1. The van der Waals surface area contributed by atoms with Crippen molar-refractivity contribution in [2.45, 2.75) is 54.0 Å². The van der Waals surface area contributed by atoms with Gasteiger partial charge in [-0.15, -0.1) is 0 Å². The largest absolute Gasteiger partial charge is 0.465 e. The van der Waals surface area contributed by atoms with E-state index in [1.807, 2.05) is 41.3 Å². The Kier molecular flexibility index (Phi) is 10.3. The summed E-state index contributed by atoms with van der Waals surface area (Å²) in [7, 11) is -3.95. The lowest BCUT2D eigenvalue weighted by molar-refractivity contribution is 0.0146. The minimum Gasteiger partial charge on any atom is -0.465 e. The highest BCUT2D eigenvalue weighted by Crippen LogP contribution is 2.35. The number of hydrogen-bond donors (Lipinski definition) is 8. The topological polar surface area (TPSA) is 250 Å². The first-order valence-electron chi connectivity index (χ1n) is 17.3. The fourth-order valence-corrected chi connectivity index (χ4v) is 7.72. The molecule has 18 heteroatoms. The molecule has 2 aliphatic rings. The number of benzene rings is 3. The van der Waals surface area contributed by atoms with Crippen molar-refractivity contribution < 1.29 is 33.3 Å². The van der Waals surface area contributed by atoms with Gasteiger partial charge in [0.05, 0.1) is 23.3 Å². The molecule has 282 valence electrons. The summed E-state index contributed by atoms with van der Waals surface area (Å²) in [5.74, 6) is 0.714. The Balaban J connectivity index is 1.16. The molecule has 54 heavy (non-hydrogen) atoms. The normalized spacial score (nSPS) is 21.3. The summed E-state index contributed by atoms with van der Waals surface area (Å²) in [6.07, 6.45) is -1.82. The third kappa shape index (κ3) is 7.91. The van der Waals surface area contributed by atoms with Crippen molar-refractivity contribution in [1.29, 1.82) is 0 Å². The summed E-state index contributed by atoms with van der Waals surface area (Å²) < 4.78 is 25.2. The van der Waals surface area contributed by atoms with Crippen molar-refractivity contribution in [1.82, 2.24) is 30.2 Å². The molecule has 0 unspecified atom stereocenters. The van der Waals surface area contributed by atoms with E-state index in [1.54, 1.807) is 10.6 Å². The highest BCUT2D eigenvalue weighted by molar-refractivity contribution is 7.89. The molecule has 7 rings (SSSR count). The maximum Gasteiger partial charge on any atom is 0.404 e. The van der Waals surface area contributed by atoms with Crippen molar-refractivity contribution >= 4 is 50.8 Å². The SMILES string of the molecule is NS(=O)(=O)c1cccc(NC(=O)N[C@@H]2CCN(c3nc(NCC(c4ccccc4)c4ccccc4)c4ncn([C@@H]5C[C@H](NC(=O)O)[C@@H](O)[C@H]5O)c4n3)C2)c1. The molecule has 1 saturated carbocycles. The summed E-state index contributed by atoms with van der Waals surface area (Å²) in [4.78, 5) is 40.5. The minimum absolute atomic E-state index is 0.0536. The number of nitrogens with two attached hydrogens (primary N) is 1. The number of carbonyl (C=O) groups is 2. The molecule has 0 spiro atoms. The first-order chi connectivity index (χ1) is 25.9. The van der Waals surface area contributed by atoms with Crippen LogP contribution in [0.2, 0.25) is 0 Å². The molecule has 2 aromatic heterocycles. The van der Waals surface area contributed by atoms with Gasteiger partial charge in [0.15, 0.2) is 17.0 Å². The van der Waals surface area contributed by atoms with Crippen LogP contribution in [0.1, 0.15) is 35.9 Å². The minimum atomic E-state index is -3.95. The van der Waals surface area contributed by atoms with Crippen LogP contribution in [-0.4, -0.2) is 99.3 Å². The zero-order chi connectivity index (χ0) is 38.0. The number of primary sulfonamides is 1. The predicted octanol–water partition coefficient (Wildman–Crippen LogP) is 2.42. The zero-order valence-corrected chi connectivity index (χ0v) is 29.7. The molecule has 9 N–H and O–H groups in total. The zero-order valence-electron chi connectivity index (χ0n) is 28.9. The van der Waals surface area contributed by atoms with Gasteiger partial charge in [0.25, 0.3) is 0 Å². The average molecular weight is 757 g/mol. The van der Waals surface area contributed by atoms with Gasteiger partial charge in [-0.3, -0.25) is 0 Å². The van der Waals surface area contributed by atoms with Crippen LogP contribution < -0.4 is 31.3 Å². The van der Waals surface area contributed by atoms with Gasteiger partial charge < -0.3 is 46.1 Å². The fraction of sp³-hybridized carbons (Fsp3) is 0.306. The van der Waals surface area contributed by atoms with Crippen LogP contribution in [0.15, 0.2) is 96.2 Å². The molecule has 5 aromatic rings. The summed E-state index contributed by atoms with van der Waals surface area (Å²) in [5.41, 5.74) is 3.24. The van der Waals surface area contributed by atoms with Crippen LogP contribution >= 0.6 is 0 Å². The summed E-state index contributed by atoms with van der Waals surface area (Å²) in [5, 5.41) is 47.7. The number of imidazole rings is 1. The molecule has 0 radical (unpaired) electrons. The maximum atomic E-state index is 12.9. The number of fused-ring (bicyclic) bond motifs is 1. The van der Waals surface area contributed by atoms with Crippen molar-refractivity contribution in [3.8, 4) is 0 Å². The van der Waals surface area contributed by atoms with E-state index in [2.05, 4.69) is 50.5 Å². The quantitative estimate of drug-likeness (QED) is 0.0968. The number of aliphatic hydroxyl groups excluding tert-OH is 2. The number of hydrogen-bond acceptors (Lipinski definition) is 11. The van der Waals surface area contributed by atoms with Gasteiger partial charge in [0.2, 0.25) is 16.0 Å². The lowest BCUT2D eigenvalue weighted by Gasteiger charge is -2.22. The number of aliphatic hydroxyl groups is 2. The lowest BCUT2D eigenvalue weighted by Crippen LogP contribution is -2.42. The van der Waals surface area contributed by atoms with Crippen molar-refractivity contribution in [2.75, 3.05) is 35.2 Å². The lowest BCUT2D eigenvalue weighted by atomic mass is 9.91. The smallest absolute Gasteiger partial charge is 0.404 e. The van der Waals surface area contributed by atoms with Gasteiger partial charge in [0.1, 0.15) is 12.2 Å². The maximum absolute atomic E-state index is 12.9. The Morgan fingerprint density at radius 2 is 1.63 bits per heavy atom. The van der Waals surface area contributed by atoms with Crippen LogP contribution in [0.5, 0.6) is 0 Å². The summed E-state index contributed by atoms with van der Waals surface area (Å²) in [6.45, 7) is 1.27. The van der Waals surface area contributed by atoms with E-state index in [0.717, 1.165) is 11.1 Å². The molecule has 17 nitrogen and oxygen atoms in total. The van der Waals surface area contributed by atoms with Crippen LogP contribution in [0, 0.1) is 0 Å². The fourth-order valence-electron chi connectivity index (χ4n) is 7.16. The van der Waals surface area contributed by atoms with Crippen LogP contribution in [0.4, 0.5) is 27.0 Å². The van der Waals surface area contributed by atoms with E-state index in [0.29, 0.717) is 49.0 Å². The highest BCUT2D eigenvalue weighted by atomic mass is 32.2. The molecule has 3 heterocycles. The Morgan fingerprint density at radius 3 is 2.30 bits per heavy atom. The standard InChI is InChI=1S/C36H40N10O7S/c37-54(52,53)25-13-7-12-23(16-25)40-35(49)41-24-14-15-45(19-24)34-43-32(38-18-26(21-8-3-1-4-9-21)22-10-5-2-6-11-22)29-33(44-34)46(20-39-29)28-17-27(42-36(50)51)30(47)31(28)48/h1-13,16,20,24,26-28,30-31,42,47-48H,14-15,17-19H2,(H,50,51)(H2,37,52,53)(H,38,43,44)(H2,40,41,49)/t24-,27+,28-,30-,31+/m1/s1. The van der Waals surface area contributed by atoms with Crippen molar-refractivity contribution in [3.05, 3.63) is 102 Å². The second-order valence-electron chi connectivity index (χ2n) is 13.4. The van der Waals surface area contributed by atoms with Gasteiger partial charge >= 0.3 is 12.1 Å². The third-order valence-corrected chi connectivity index (χ3v) is 10.7. The number of urea groups is 1. The number of nitrogens with one attached hydrogen (secondary N) is 4. The Morgan fingerprint density at radius 1 is 0.926 bits per heavy atom. The average Bonchev–Trinajstić information content (AvgIpc) is 3.87. The molecule has 1 aliphatic heterocycles. The second kappa shape index (κ2) is 15.3. The number of anilines is 3. The monoisotopic (exact) mass is 756 g/mol. The van der Waals surface area contributed by atoms with Gasteiger partial charge in [0, 0.05) is 37.3 Å². The van der Waals surface area contributed by atoms with E-state index in [1.165, 1.54) is 24.5 Å². The molecule has 2 fully saturated rings. The van der Waals surface area contributed by atoms with E-state index < -0.39 is 46.4 Å². The van der Waals surface area contributed by atoms with Crippen LogP contribution in [0.3, 0.4) is 0 Å². The number of nitrogens with zero attached hydrogens (tertiary/aromatic N) is 5. The number of rotatable bonds is 11. The first-order valence-corrected chi connectivity index (χ1v) is 18.9. The predicted molar refractivity (Wildman–Crippen MR) is 200 cm³/mol. The molecule has 1 saturated heterocycles. The second-order valence-corrected chi connectivity index (χ2v) is 15.0. The van der Waals surface area contributed by atoms with Gasteiger partial charge in [-0.2, -0.15) is 9.97 Å². The number of amides is 3. The molecule has 0 bridgehead atoms. The number of aromatic nitrogens is 4. The van der Waals surface area contributed by atoms with Gasteiger partial charge in [-0.05, 0) is 42.2 Å². The van der Waals surface area contributed by atoms with Crippen LogP contribution in [-0.2, 0) is 10.0 Å². The van der Waals surface area contributed by atoms with Crippen LogP contribution in [0.25, 0.3) is 11.2 Å². The molecule has 1 aliphatic carbocycles. The Bertz CT molecular complexity index is 2200. The first kappa shape index (κ1) is 36.5. The van der Waals surface area contributed by atoms with Gasteiger partial charge in [-0.1, -0.05) is 66.7 Å². The van der Waals surface area contributed by atoms with E-state index in [-0.39, 0.29) is 29.0 Å². The van der Waals surface area contributed by atoms with E-state index >= 15 is 0 Å². The summed E-state index contributed by atoms with van der Waals surface area (Å²) >= 11 is 0. The number of sulfonamides is 1. The molecule has 3 amide bonds. The number of carbonyl (C=O) groups excluding carboxylic acids is 1. The van der Waals surface area contributed by atoms with E-state index in [4.69, 9.17) is 15.1 Å². The molecular weight excluding hydrogens is 717 g/mol. The summed E-state index contributed by atoms with van der Waals surface area (Å²) in [6, 6.07) is 23.3. The Hall–Kier alpha value is -5.82. The van der Waals surface area contributed by atoms with Crippen molar-refractivity contribution in [2.24, 2.45) is 5.14 Å². The third-order valence-electron chi connectivity index (χ3n) is 9.83. The molecule has 5 atom stereocenters. The molecule has 3 aromatic carbocycles. The van der Waals surface area contributed by atoms with Gasteiger partial charge in [-0.25, -0.2) is 28.1 Å². The van der Waals surface area contributed by atoms with E-state index in [9.17, 15) is 33.3 Å². The highest BCUT2D eigenvalue weighted by Gasteiger charge is 2.44. The Labute approximate surface area is 310 Å². The molecular formula is C36H40N10O7S.